The molecule has 132 valence electrons. The van der Waals surface area contributed by atoms with Gasteiger partial charge in [-0.1, -0.05) is 12.1 Å². The van der Waals surface area contributed by atoms with Gasteiger partial charge in [0.05, 0.1) is 9.79 Å². The summed E-state index contributed by atoms with van der Waals surface area (Å²) in [6, 6.07) is 8.61. The Morgan fingerprint density at radius 1 is 0.720 bits per heavy atom. The zero-order chi connectivity index (χ0) is 18.7. The Hall–Kier alpha value is -0.880. The molecule has 0 saturated heterocycles. The third kappa shape index (κ3) is 7.48. The molecule has 0 aliphatic rings. The van der Waals surface area contributed by atoms with Crippen LogP contribution in [0, 0.1) is 13.8 Å². The molecular weight excluding hydrogens is 396 g/mol. The third-order valence-corrected chi connectivity index (χ3v) is 4.66. The van der Waals surface area contributed by atoms with Crippen LogP contribution in [0.15, 0.2) is 46.2 Å². The molecule has 2 aromatic carbocycles. The van der Waals surface area contributed by atoms with E-state index in [1.807, 2.05) is 0 Å². The summed E-state index contributed by atoms with van der Waals surface area (Å²) in [6.45, 7) is 3.38. The number of benzene rings is 2. The zero-order valence-corrected chi connectivity index (χ0v) is 17.4. The number of hydrogen-bond acceptors (Lipinski definition) is 8. The van der Waals surface area contributed by atoms with Crippen molar-refractivity contribution >= 4 is 69.3 Å². The van der Waals surface area contributed by atoms with Gasteiger partial charge in [0.15, 0.2) is 0 Å². The van der Waals surface area contributed by atoms with E-state index in [9.17, 15) is 25.9 Å². The summed E-state index contributed by atoms with van der Waals surface area (Å²) in [5.41, 5.74) is 12.0. The van der Waals surface area contributed by atoms with Gasteiger partial charge in [-0.05, 0) is 49.2 Å². The second kappa shape index (κ2) is 9.17. The van der Waals surface area contributed by atoms with Crippen LogP contribution in [0.25, 0.3) is 0 Å². The van der Waals surface area contributed by atoms with Crippen LogP contribution >= 0.6 is 0 Å². The van der Waals surface area contributed by atoms with Crippen molar-refractivity contribution in [2.24, 2.45) is 0 Å². The number of nitrogen functional groups attached to an aromatic ring is 2. The van der Waals surface area contributed by atoms with Crippen LogP contribution in [0.2, 0.25) is 0 Å². The molecule has 0 heterocycles. The topological polar surface area (TPSA) is 166 Å². The van der Waals surface area contributed by atoms with E-state index in [0.29, 0.717) is 11.1 Å². The maximum atomic E-state index is 10.6. The fourth-order valence-electron chi connectivity index (χ4n) is 1.72. The maximum absolute atomic E-state index is 10.6. The normalized spacial score (nSPS) is 11.0. The maximum Gasteiger partial charge on any atom is 2.00 e. The molecule has 0 atom stereocenters. The van der Waals surface area contributed by atoms with Gasteiger partial charge in [0.1, 0.15) is 20.2 Å². The molecule has 2 aromatic rings. The van der Waals surface area contributed by atoms with Crippen molar-refractivity contribution in [3.63, 3.8) is 0 Å². The molecule has 2 rings (SSSR count). The molecule has 0 aliphatic heterocycles. The molecule has 0 saturated carbocycles. The van der Waals surface area contributed by atoms with E-state index in [1.165, 1.54) is 24.3 Å². The number of aryl methyl sites for hydroxylation is 2. The molecule has 0 unspecified atom stereocenters. The largest absolute Gasteiger partial charge is 2.00 e. The van der Waals surface area contributed by atoms with Crippen LogP contribution in [-0.2, 0) is 20.2 Å². The first-order valence-electron chi connectivity index (χ1n) is 6.46. The fourth-order valence-corrected chi connectivity index (χ4v) is 3.09. The molecule has 0 aromatic heterocycles. The average Bonchev–Trinajstić information content (AvgIpc) is 2.42. The molecule has 0 bridgehead atoms. The molecule has 0 fully saturated rings. The van der Waals surface area contributed by atoms with Crippen LogP contribution in [0.3, 0.4) is 0 Å². The molecule has 0 spiro atoms. The van der Waals surface area contributed by atoms with Crippen LogP contribution in [0.4, 0.5) is 11.4 Å². The zero-order valence-electron chi connectivity index (χ0n) is 13.6. The standard InChI is InChI=1S/2C7H9NO3S.Ca/c2*1-5-2-3-6(8)7(4-5)12(9,10)11;/h2*2-4H,8H2,1H3,(H,9,10,11);/q;;+2/p-2. The van der Waals surface area contributed by atoms with Gasteiger partial charge in [-0.3, -0.25) is 0 Å². The summed E-state index contributed by atoms with van der Waals surface area (Å²) in [5, 5.41) is 0. The van der Waals surface area contributed by atoms with E-state index in [1.54, 1.807) is 26.0 Å². The van der Waals surface area contributed by atoms with Crippen molar-refractivity contribution in [1.29, 1.82) is 0 Å². The quantitative estimate of drug-likeness (QED) is 0.410. The number of rotatable bonds is 2. The summed E-state index contributed by atoms with van der Waals surface area (Å²) in [7, 11) is -8.86. The monoisotopic (exact) mass is 412 g/mol. The minimum absolute atomic E-state index is 0. The smallest absolute Gasteiger partial charge is 0.744 e. The number of hydrogen-bond donors (Lipinski definition) is 2. The van der Waals surface area contributed by atoms with Gasteiger partial charge in [-0.15, -0.1) is 0 Å². The predicted octanol–water partition coefficient (Wildman–Crippen LogP) is 0.582. The van der Waals surface area contributed by atoms with Gasteiger partial charge < -0.3 is 20.6 Å². The Labute approximate surface area is 176 Å². The van der Waals surface area contributed by atoms with Crippen LogP contribution in [0.1, 0.15) is 11.1 Å². The van der Waals surface area contributed by atoms with Crippen molar-refractivity contribution in [2.45, 2.75) is 23.6 Å². The fraction of sp³-hybridized carbons (Fsp3) is 0.143. The minimum atomic E-state index is -4.43. The number of anilines is 2. The van der Waals surface area contributed by atoms with E-state index >= 15 is 0 Å². The summed E-state index contributed by atoms with van der Waals surface area (Å²) in [6.07, 6.45) is 0. The molecule has 4 N–H and O–H groups in total. The Kier molecular flexibility index (Phi) is 8.85. The van der Waals surface area contributed by atoms with Crippen molar-refractivity contribution in [1.82, 2.24) is 0 Å². The summed E-state index contributed by atoms with van der Waals surface area (Å²) in [5.74, 6) is 0. The van der Waals surface area contributed by atoms with Crippen molar-refractivity contribution in [3.05, 3.63) is 47.5 Å². The summed E-state index contributed by atoms with van der Waals surface area (Å²) < 4.78 is 63.4. The van der Waals surface area contributed by atoms with Crippen LogP contribution in [0.5, 0.6) is 0 Å². The number of nitrogens with two attached hydrogens (primary N) is 2. The van der Waals surface area contributed by atoms with Gasteiger partial charge in [-0.25, -0.2) is 16.8 Å². The van der Waals surface area contributed by atoms with Crippen LogP contribution < -0.4 is 11.5 Å². The van der Waals surface area contributed by atoms with E-state index in [2.05, 4.69) is 0 Å². The van der Waals surface area contributed by atoms with Crippen molar-refractivity contribution in [3.8, 4) is 0 Å². The summed E-state index contributed by atoms with van der Waals surface area (Å²) in [4.78, 5) is -0.690. The predicted molar refractivity (Wildman–Crippen MR) is 92.9 cm³/mol. The Balaban J connectivity index is 0.000000443. The summed E-state index contributed by atoms with van der Waals surface area (Å²) >= 11 is 0. The first-order valence-corrected chi connectivity index (χ1v) is 9.28. The molecule has 8 nitrogen and oxygen atoms in total. The molecular formula is C14H16CaN2O6S2. The first kappa shape index (κ1) is 24.1. The average molecular weight is 413 g/mol. The van der Waals surface area contributed by atoms with Gasteiger partial charge >= 0.3 is 37.7 Å². The Morgan fingerprint density at radius 3 is 1.20 bits per heavy atom. The molecule has 0 radical (unpaired) electrons. The second-order valence-electron chi connectivity index (χ2n) is 4.99. The molecule has 0 aliphatic carbocycles. The van der Waals surface area contributed by atoms with Gasteiger partial charge in [0.2, 0.25) is 0 Å². The van der Waals surface area contributed by atoms with Crippen molar-refractivity contribution < 1.29 is 25.9 Å². The van der Waals surface area contributed by atoms with E-state index < -0.39 is 20.2 Å². The van der Waals surface area contributed by atoms with E-state index in [-0.39, 0.29) is 58.9 Å². The second-order valence-corrected chi connectivity index (χ2v) is 7.69. The Morgan fingerprint density at radius 2 is 1.00 bits per heavy atom. The molecule has 0 amide bonds. The third-order valence-electron chi connectivity index (χ3n) is 2.88. The SMILES string of the molecule is Cc1ccc(N)c(S(=O)(=O)[O-])c1.Cc1ccc(N)c(S(=O)(=O)[O-])c1.[Ca+2]. The first-order chi connectivity index (χ1) is 10.8. The van der Waals surface area contributed by atoms with E-state index in [0.717, 1.165) is 0 Å². The van der Waals surface area contributed by atoms with Gasteiger partial charge in [0.25, 0.3) is 0 Å². The van der Waals surface area contributed by atoms with Crippen LogP contribution in [-0.4, -0.2) is 63.7 Å². The van der Waals surface area contributed by atoms with Crippen molar-refractivity contribution in [2.75, 3.05) is 11.5 Å². The Bertz CT molecular complexity index is 880. The molecule has 11 heteroatoms. The minimum Gasteiger partial charge on any atom is -0.744 e. The van der Waals surface area contributed by atoms with E-state index in [4.69, 9.17) is 11.5 Å². The van der Waals surface area contributed by atoms with Gasteiger partial charge in [0, 0.05) is 11.4 Å². The molecule has 25 heavy (non-hydrogen) atoms. The van der Waals surface area contributed by atoms with Gasteiger partial charge in [-0.2, -0.15) is 0 Å².